The van der Waals surface area contributed by atoms with Gasteiger partial charge in [0.2, 0.25) is 17.7 Å². The molecule has 0 bridgehead atoms. The third-order valence-corrected chi connectivity index (χ3v) is 7.00. The Morgan fingerprint density at radius 2 is 1.07 bits per heavy atom. The number of aryl methyl sites for hydroxylation is 1. The van der Waals surface area contributed by atoms with E-state index in [4.69, 9.17) is 14.2 Å². The van der Waals surface area contributed by atoms with Gasteiger partial charge in [-0.1, -0.05) is 36.4 Å². The van der Waals surface area contributed by atoms with Crippen LogP contribution in [-0.4, -0.2) is 84.0 Å². The summed E-state index contributed by atoms with van der Waals surface area (Å²) in [5.41, 5.74) is -3.22. The van der Waals surface area contributed by atoms with Gasteiger partial charge in [-0.05, 0) is 98.9 Å². The normalized spacial score (nSPS) is 13.5. The minimum Gasteiger partial charge on any atom is -0.444 e. The number of carbonyl (C=O) groups excluding carboxylic acids is 6. The maximum Gasteiger partial charge on any atom is 0.416 e. The van der Waals surface area contributed by atoms with Crippen LogP contribution in [0.3, 0.4) is 0 Å². The lowest BCUT2D eigenvalue weighted by molar-refractivity contribution is -0.137. The van der Waals surface area contributed by atoms with Gasteiger partial charge in [-0.15, -0.1) is 0 Å². The zero-order chi connectivity index (χ0) is 42.5. The van der Waals surface area contributed by atoms with Crippen LogP contribution < -0.4 is 31.9 Å². The molecule has 6 N–H and O–H groups in total. The van der Waals surface area contributed by atoms with Crippen molar-refractivity contribution in [2.45, 2.75) is 116 Å². The number of alkyl carbamates (subject to hydrolysis) is 3. The van der Waals surface area contributed by atoms with Crippen molar-refractivity contribution in [1.29, 1.82) is 0 Å². The minimum absolute atomic E-state index is 0.0235. The summed E-state index contributed by atoms with van der Waals surface area (Å²) in [4.78, 5) is 78.7. The highest BCUT2D eigenvalue weighted by Crippen LogP contribution is 2.30. The van der Waals surface area contributed by atoms with Crippen molar-refractivity contribution in [1.82, 2.24) is 26.6 Å². The molecule has 0 aliphatic carbocycles. The molecule has 0 fully saturated rings. The van der Waals surface area contributed by atoms with Crippen molar-refractivity contribution in [3.05, 3.63) is 65.7 Å². The van der Waals surface area contributed by atoms with Gasteiger partial charge in [0.05, 0.1) is 12.1 Å². The van der Waals surface area contributed by atoms with Crippen LogP contribution in [0.15, 0.2) is 54.6 Å². The van der Waals surface area contributed by atoms with Crippen LogP contribution in [0.25, 0.3) is 0 Å². The van der Waals surface area contributed by atoms with Gasteiger partial charge < -0.3 is 46.1 Å². The molecule has 310 valence electrons. The van der Waals surface area contributed by atoms with Crippen LogP contribution >= 0.6 is 0 Å². The number of ether oxygens (including phenoxy) is 3. The van der Waals surface area contributed by atoms with E-state index in [1.54, 1.807) is 92.6 Å². The van der Waals surface area contributed by atoms with Crippen molar-refractivity contribution in [3.8, 4) is 0 Å². The van der Waals surface area contributed by atoms with Gasteiger partial charge in [0, 0.05) is 12.2 Å². The summed E-state index contributed by atoms with van der Waals surface area (Å²) in [5, 5.41) is 14.5. The van der Waals surface area contributed by atoms with Crippen LogP contribution in [0.2, 0.25) is 0 Å². The first-order valence-corrected chi connectivity index (χ1v) is 17.8. The van der Waals surface area contributed by atoms with Gasteiger partial charge in [-0.2, -0.15) is 13.2 Å². The molecule has 0 aromatic heterocycles. The van der Waals surface area contributed by atoms with Crippen molar-refractivity contribution < 1.29 is 56.1 Å². The van der Waals surface area contributed by atoms with E-state index in [1.807, 2.05) is 0 Å². The second kappa shape index (κ2) is 19.9. The molecular formula is C38H53F3N6O9. The zero-order valence-corrected chi connectivity index (χ0v) is 33.1. The summed E-state index contributed by atoms with van der Waals surface area (Å²) in [6.07, 6.45) is -7.40. The molecule has 0 radical (unpaired) electrons. The molecule has 18 heteroatoms. The number of halogens is 3. The minimum atomic E-state index is -4.68. The molecule has 0 aliphatic heterocycles. The number of carbonyl (C=O) groups is 6. The first-order chi connectivity index (χ1) is 25.7. The molecule has 2 aromatic carbocycles. The number of alkyl halides is 3. The van der Waals surface area contributed by atoms with Gasteiger partial charge in [-0.3, -0.25) is 14.4 Å². The highest BCUT2D eigenvalue weighted by molar-refractivity contribution is 5.98. The SMILES string of the molecule is CC(C)(C)OC(=O)NCC(NC(=O)OC(C)(C)C)C(=O)NCC(NC(=O)OC(C)(C)C)C(=O)NC(CCc1ccccc1)C(=O)Nc1cccc(C(F)(F)F)c1. The Morgan fingerprint density at radius 1 is 0.571 bits per heavy atom. The van der Waals surface area contributed by atoms with E-state index < -0.39 is 95.8 Å². The Bertz CT molecular complexity index is 1670. The molecule has 0 saturated carbocycles. The number of nitrogens with one attached hydrogen (secondary N) is 6. The van der Waals surface area contributed by atoms with Crippen LogP contribution in [0, 0.1) is 0 Å². The van der Waals surface area contributed by atoms with E-state index in [0.29, 0.717) is 0 Å². The first kappa shape index (κ1) is 46.6. The quantitative estimate of drug-likeness (QED) is 0.139. The third-order valence-electron chi connectivity index (χ3n) is 7.00. The molecule has 2 aromatic rings. The standard InChI is InChI=1S/C38H53F3N6O9/c1-35(2,3)54-32(51)43-22-27(46-33(52)55-36(4,5)6)29(48)42-21-28(47-34(53)56-37(7,8)9)31(50)45-26(19-18-23-14-11-10-12-15-23)30(49)44-25-17-13-16-24(20-25)38(39,40)41/h10-17,20,26-28H,18-19,21-22H2,1-9H3,(H,42,48)(H,43,51)(H,44,49)(H,45,50)(H,46,52)(H,47,53). The van der Waals surface area contributed by atoms with E-state index >= 15 is 0 Å². The Labute approximate surface area is 324 Å². The van der Waals surface area contributed by atoms with Gasteiger partial charge in [0.1, 0.15) is 34.9 Å². The molecule has 6 amide bonds. The first-order valence-electron chi connectivity index (χ1n) is 17.8. The molecular weight excluding hydrogens is 741 g/mol. The highest BCUT2D eigenvalue weighted by atomic mass is 19.4. The fourth-order valence-corrected chi connectivity index (χ4v) is 4.64. The maximum absolute atomic E-state index is 13.8. The van der Waals surface area contributed by atoms with E-state index in [2.05, 4.69) is 31.9 Å². The number of hydrogen-bond acceptors (Lipinski definition) is 9. The van der Waals surface area contributed by atoms with Crippen molar-refractivity contribution in [2.24, 2.45) is 0 Å². The third kappa shape index (κ3) is 18.7. The summed E-state index contributed by atoms with van der Waals surface area (Å²) < 4.78 is 55.9. The summed E-state index contributed by atoms with van der Waals surface area (Å²) in [7, 11) is 0. The average molecular weight is 795 g/mol. The Morgan fingerprint density at radius 3 is 1.59 bits per heavy atom. The molecule has 3 atom stereocenters. The number of benzene rings is 2. The van der Waals surface area contributed by atoms with E-state index in [9.17, 15) is 41.9 Å². The summed E-state index contributed by atoms with van der Waals surface area (Å²) in [6, 6.07) is 8.42. The Balaban J connectivity index is 2.37. The van der Waals surface area contributed by atoms with Gasteiger partial charge >= 0.3 is 24.5 Å². The van der Waals surface area contributed by atoms with Crippen LogP contribution in [0.1, 0.15) is 79.9 Å². The number of anilines is 1. The predicted octanol–water partition coefficient (Wildman–Crippen LogP) is 5.19. The lowest BCUT2D eigenvalue weighted by Crippen LogP contribution is -2.59. The van der Waals surface area contributed by atoms with Gasteiger partial charge in [-0.25, -0.2) is 14.4 Å². The molecule has 0 spiro atoms. The molecule has 0 aliphatic rings. The van der Waals surface area contributed by atoms with E-state index in [-0.39, 0.29) is 18.5 Å². The highest BCUT2D eigenvalue weighted by Gasteiger charge is 2.33. The molecule has 15 nitrogen and oxygen atoms in total. The Hall–Kier alpha value is -5.55. The molecule has 0 heterocycles. The smallest absolute Gasteiger partial charge is 0.416 e. The second-order valence-corrected chi connectivity index (χ2v) is 15.7. The number of rotatable bonds is 14. The monoisotopic (exact) mass is 794 g/mol. The predicted molar refractivity (Wildman–Crippen MR) is 200 cm³/mol. The lowest BCUT2D eigenvalue weighted by Gasteiger charge is -2.27. The topological polar surface area (TPSA) is 202 Å². The van der Waals surface area contributed by atoms with Crippen LogP contribution in [0.4, 0.5) is 33.2 Å². The molecule has 2 rings (SSSR count). The van der Waals surface area contributed by atoms with Crippen molar-refractivity contribution >= 4 is 41.7 Å². The Kier molecular flexibility index (Phi) is 16.5. The lowest BCUT2D eigenvalue weighted by atomic mass is 10.0. The van der Waals surface area contributed by atoms with Gasteiger partial charge in [0.15, 0.2) is 0 Å². The van der Waals surface area contributed by atoms with Crippen LogP contribution in [0.5, 0.6) is 0 Å². The van der Waals surface area contributed by atoms with Crippen molar-refractivity contribution in [3.63, 3.8) is 0 Å². The zero-order valence-electron chi connectivity index (χ0n) is 33.1. The second-order valence-electron chi connectivity index (χ2n) is 15.7. The fourth-order valence-electron chi connectivity index (χ4n) is 4.64. The molecule has 3 unspecified atom stereocenters. The summed E-state index contributed by atoms with van der Waals surface area (Å²) in [6.45, 7) is 13.3. The fraction of sp³-hybridized carbons (Fsp3) is 0.526. The maximum atomic E-state index is 13.8. The van der Waals surface area contributed by atoms with E-state index in [0.717, 1.165) is 23.8 Å². The summed E-state index contributed by atoms with van der Waals surface area (Å²) in [5.74, 6) is -2.75. The van der Waals surface area contributed by atoms with Gasteiger partial charge in [0.25, 0.3) is 0 Å². The summed E-state index contributed by atoms with van der Waals surface area (Å²) >= 11 is 0. The largest absolute Gasteiger partial charge is 0.444 e. The van der Waals surface area contributed by atoms with E-state index in [1.165, 1.54) is 6.07 Å². The molecule has 0 saturated heterocycles. The number of amides is 6. The average Bonchev–Trinajstić information content (AvgIpc) is 3.04. The van der Waals surface area contributed by atoms with Crippen molar-refractivity contribution in [2.75, 3.05) is 18.4 Å². The van der Waals surface area contributed by atoms with Crippen LogP contribution in [-0.2, 0) is 41.2 Å². The number of hydrogen-bond donors (Lipinski definition) is 6. The molecule has 56 heavy (non-hydrogen) atoms.